The van der Waals surface area contributed by atoms with Crippen molar-refractivity contribution < 1.29 is 9.53 Å². The molecule has 118 valence electrons. The van der Waals surface area contributed by atoms with Crippen molar-refractivity contribution in [2.45, 2.75) is 38.8 Å². The number of hydrogen-bond donors (Lipinski definition) is 2. The minimum atomic E-state index is -0.708. The van der Waals surface area contributed by atoms with E-state index in [1.54, 1.807) is 0 Å². The number of nitrogens with zero attached hydrogens (tertiary/aromatic N) is 1. The Hall–Kier alpha value is -1.59. The summed E-state index contributed by atoms with van der Waals surface area (Å²) in [6.45, 7) is 5.35. The summed E-state index contributed by atoms with van der Waals surface area (Å²) in [5.41, 5.74) is 11.9. The molecule has 1 atom stereocenters. The van der Waals surface area contributed by atoms with E-state index in [9.17, 15) is 4.79 Å². The molecule has 0 aliphatic carbocycles. The molecule has 5 heteroatoms. The lowest BCUT2D eigenvalue weighted by Gasteiger charge is -2.24. The van der Waals surface area contributed by atoms with Gasteiger partial charge in [0.15, 0.2) is 0 Å². The Morgan fingerprint density at radius 3 is 2.57 bits per heavy atom. The zero-order valence-electron chi connectivity index (χ0n) is 12.8. The van der Waals surface area contributed by atoms with E-state index in [1.807, 2.05) is 25.1 Å². The summed E-state index contributed by atoms with van der Waals surface area (Å²) in [4.78, 5) is 13.1. The highest BCUT2D eigenvalue weighted by Crippen LogP contribution is 2.08. The van der Waals surface area contributed by atoms with E-state index in [2.05, 4.69) is 17.0 Å². The number of carbonyl (C=O) groups excluding carboxylic acids is 1. The van der Waals surface area contributed by atoms with Crippen molar-refractivity contribution in [3.8, 4) is 0 Å². The van der Waals surface area contributed by atoms with Crippen LogP contribution in [0.15, 0.2) is 30.3 Å². The van der Waals surface area contributed by atoms with Gasteiger partial charge in [0.25, 0.3) is 0 Å². The summed E-state index contributed by atoms with van der Waals surface area (Å²) in [6, 6.07) is 10.4. The van der Waals surface area contributed by atoms with Crippen LogP contribution in [0, 0.1) is 0 Å². The van der Waals surface area contributed by atoms with Crippen LogP contribution in [0.5, 0.6) is 0 Å². The van der Waals surface area contributed by atoms with Gasteiger partial charge in [0.2, 0.25) is 0 Å². The summed E-state index contributed by atoms with van der Waals surface area (Å²) in [5.74, 6) is 0. The van der Waals surface area contributed by atoms with Crippen LogP contribution in [-0.4, -0.2) is 36.7 Å². The molecule has 0 aromatic heterocycles. The van der Waals surface area contributed by atoms with Gasteiger partial charge in [-0.3, -0.25) is 4.90 Å². The number of ether oxygens (including phenoxy) is 1. The Labute approximate surface area is 127 Å². The van der Waals surface area contributed by atoms with Crippen LogP contribution >= 0.6 is 0 Å². The van der Waals surface area contributed by atoms with Crippen LogP contribution in [0.25, 0.3) is 0 Å². The van der Waals surface area contributed by atoms with Gasteiger partial charge in [-0.1, -0.05) is 30.3 Å². The van der Waals surface area contributed by atoms with Gasteiger partial charge in [0.05, 0.1) is 0 Å². The van der Waals surface area contributed by atoms with E-state index in [4.69, 9.17) is 16.2 Å². The van der Waals surface area contributed by atoms with E-state index in [0.717, 1.165) is 45.4 Å². The zero-order valence-corrected chi connectivity index (χ0v) is 12.8. The molecule has 0 heterocycles. The lowest BCUT2D eigenvalue weighted by Crippen LogP contribution is -2.30. The van der Waals surface area contributed by atoms with Crippen LogP contribution < -0.4 is 11.5 Å². The molecule has 1 rings (SSSR count). The first-order valence-corrected chi connectivity index (χ1v) is 7.54. The highest BCUT2D eigenvalue weighted by atomic mass is 16.6. The predicted molar refractivity (Wildman–Crippen MR) is 84.8 cm³/mol. The summed E-state index contributed by atoms with van der Waals surface area (Å²) in [5, 5.41) is 0. The Kier molecular flexibility index (Phi) is 8.47. The molecule has 0 saturated heterocycles. The summed E-state index contributed by atoms with van der Waals surface area (Å²) < 4.78 is 4.97. The number of primary amides is 1. The van der Waals surface area contributed by atoms with Crippen LogP contribution in [-0.2, 0) is 11.3 Å². The number of amides is 1. The molecule has 0 fully saturated rings. The molecule has 0 bridgehead atoms. The minimum absolute atomic E-state index is 0.157. The van der Waals surface area contributed by atoms with Gasteiger partial charge in [0.1, 0.15) is 6.10 Å². The highest BCUT2D eigenvalue weighted by molar-refractivity contribution is 5.64. The fraction of sp³-hybridized carbons (Fsp3) is 0.562. The van der Waals surface area contributed by atoms with Crippen LogP contribution in [0.3, 0.4) is 0 Å². The molecule has 0 radical (unpaired) electrons. The van der Waals surface area contributed by atoms with E-state index < -0.39 is 6.09 Å². The molecule has 0 aliphatic rings. The quantitative estimate of drug-likeness (QED) is 0.647. The third kappa shape index (κ3) is 8.32. The molecule has 0 spiro atoms. The Morgan fingerprint density at radius 1 is 1.24 bits per heavy atom. The van der Waals surface area contributed by atoms with E-state index >= 15 is 0 Å². The third-order valence-corrected chi connectivity index (χ3v) is 3.35. The Balaban J connectivity index is 2.45. The number of hydrogen-bond acceptors (Lipinski definition) is 4. The molecule has 4 N–H and O–H groups in total. The molecule has 0 unspecified atom stereocenters. The second-order valence-electron chi connectivity index (χ2n) is 5.29. The predicted octanol–water partition coefficient (Wildman–Crippen LogP) is 2.10. The summed E-state index contributed by atoms with van der Waals surface area (Å²) in [6.07, 6.45) is 2.02. The van der Waals surface area contributed by atoms with Crippen molar-refractivity contribution in [2.75, 3.05) is 19.6 Å². The average Bonchev–Trinajstić information content (AvgIpc) is 2.45. The zero-order chi connectivity index (χ0) is 15.5. The van der Waals surface area contributed by atoms with Crippen molar-refractivity contribution >= 4 is 6.09 Å². The van der Waals surface area contributed by atoms with Crippen molar-refractivity contribution in [2.24, 2.45) is 11.5 Å². The second-order valence-corrected chi connectivity index (χ2v) is 5.29. The van der Waals surface area contributed by atoms with Gasteiger partial charge < -0.3 is 16.2 Å². The lowest BCUT2D eigenvalue weighted by molar-refractivity contribution is 0.101. The van der Waals surface area contributed by atoms with Crippen LogP contribution in [0.1, 0.15) is 31.7 Å². The molecule has 21 heavy (non-hydrogen) atoms. The van der Waals surface area contributed by atoms with E-state index in [1.165, 1.54) is 5.56 Å². The fourth-order valence-corrected chi connectivity index (χ4v) is 2.21. The molecule has 1 aromatic carbocycles. The van der Waals surface area contributed by atoms with Gasteiger partial charge >= 0.3 is 6.09 Å². The highest BCUT2D eigenvalue weighted by Gasteiger charge is 2.10. The number of benzene rings is 1. The van der Waals surface area contributed by atoms with E-state index in [-0.39, 0.29) is 6.10 Å². The van der Waals surface area contributed by atoms with Gasteiger partial charge in [-0.05, 0) is 44.8 Å². The monoisotopic (exact) mass is 293 g/mol. The minimum Gasteiger partial charge on any atom is -0.447 e. The van der Waals surface area contributed by atoms with E-state index in [0.29, 0.717) is 0 Å². The van der Waals surface area contributed by atoms with Crippen molar-refractivity contribution in [1.29, 1.82) is 0 Å². The number of rotatable bonds is 10. The van der Waals surface area contributed by atoms with Gasteiger partial charge in [-0.2, -0.15) is 0 Å². The molecule has 1 amide bonds. The molecule has 5 nitrogen and oxygen atoms in total. The first kappa shape index (κ1) is 17.5. The second kappa shape index (κ2) is 10.2. The van der Waals surface area contributed by atoms with Crippen LogP contribution in [0.2, 0.25) is 0 Å². The van der Waals surface area contributed by atoms with Gasteiger partial charge in [-0.25, -0.2) is 4.79 Å². The lowest BCUT2D eigenvalue weighted by atomic mass is 10.2. The van der Waals surface area contributed by atoms with Crippen molar-refractivity contribution in [1.82, 2.24) is 4.90 Å². The number of carbonyl (C=O) groups is 1. The third-order valence-electron chi connectivity index (χ3n) is 3.35. The number of nitrogens with two attached hydrogens (primary N) is 2. The van der Waals surface area contributed by atoms with Crippen LogP contribution in [0.4, 0.5) is 4.79 Å². The summed E-state index contributed by atoms with van der Waals surface area (Å²) >= 11 is 0. The normalized spacial score (nSPS) is 12.3. The average molecular weight is 293 g/mol. The topological polar surface area (TPSA) is 81.6 Å². The summed E-state index contributed by atoms with van der Waals surface area (Å²) in [7, 11) is 0. The molecular weight excluding hydrogens is 266 g/mol. The first-order chi connectivity index (χ1) is 10.1. The maximum Gasteiger partial charge on any atom is 0.404 e. The fourth-order valence-electron chi connectivity index (χ4n) is 2.21. The Bertz CT molecular complexity index is 398. The Morgan fingerprint density at radius 2 is 1.95 bits per heavy atom. The maximum atomic E-state index is 10.7. The number of unbranched alkanes of at least 4 members (excludes halogenated alkanes) is 1. The largest absolute Gasteiger partial charge is 0.447 e. The molecule has 0 saturated carbocycles. The first-order valence-electron chi connectivity index (χ1n) is 7.54. The van der Waals surface area contributed by atoms with Crippen molar-refractivity contribution in [3.63, 3.8) is 0 Å². The standard InChI is InChI=1S/C16H27N3O2/c1-14(21-16(18)20)9-12-19(11-6-5-10-17)13-15-7-3-2-4-8-15/h2-4,7-8,14H,5-6,9-13,17H2,1H3,(H2,18,20)/t14-/m1/s1. The SMILES string of the molecule is C[C@H](CCN(CCCCN)Cc1ccccc1)OC(N)=O. The van der Waals surface area contributed by atoms with Crippen molar-refractivity contribution in [3.05, 3.63) is 35.9 Å². The molecule has 1 aromatic rings. The maximum absolute atomic E-state index is 10.7. The molecule has 0 aliphatic heterocycles. The van der Waals surface area contributed by atoms with Gasteiger partial charge in [0, 0.05) is 13.1 Å². The van der Waals surface area contributed by atoms with Gasteiger partial charge in [-0.15, -0.1) is 0 Å². The molecular formula is C16H27N3O2. The smallest absolute Gasteiger partial charge is 0.404 e.